The van der Waals surface area contributed by atoms with Crippen LogP contribution in [0, 0.1) is 12.8 Å². The number of aryl methyl sites for hydroxylation is 1. The zero-order valence-electron chi connectivity index (χ0n) is 15.0. The van der Waals surface area contributed by atoms with Crippen molar-refractivity contribution in [2.24, 2.45) is 5.92 Å². The predicted molar refractivity (Wildman–Crippen MR) is 109 cm³/mol. The van der Waals surface area contributed by atoms with Gasteiger partial charge in [-0.15, -0.1) is 11.8 Å². The molecule has 1 amide bonds. The Morgan fingerprint density at radius 3 is 2.69 bits per heavy atom. The third-order valence-corrected chi connectivity index (χ3v) is 6.61. The summed E-state index contributed by atoms with van der Waals surface area (Å²) in [6.07, 6.45) is 2.13. The van der Waals surface area contributed by atoms with Crippen molar-refractivity contribution in [2.75, 3.05) is 13.1 Å². The van der Waals surface area contributed by atoms with Crippen molar-refractivity contribution in [3.63, 3.8) is 0 Å². The van der Waals surface area contributed by atoms with Crippen LogP contribution in [-0.4, -0.2) is 28.9 Å². The van der Waals surface area contributed by atoms with Crippen LogP contribution in [0.4, 0.5) is 0 Å². The van der Waals surface area contributed by atoms with E-state index >= 15 is 0 Å². The molecule has 6 heteroatoms. The highest BCUT2D eigenvalue weighted by Crippen LogP contribution is 2.33. The van der Waals surface area contributed by atoms with Gasteiger partial charge in [0.05, 0.1) is 10.7 Å². The third-order valence-electron chi connectivity index (χ3n) is 4.69. The number of amides is 1. The van der Waals surface area contributed by atoms with Crippen LogP contribution in [0.5, 0.6) is 0 Å². The number of piperidine rings is 1. The number of aromatic nitrogens is 1. The normalized spacial score (nSPS) is 15.3. The molecular weight excluding hydrogens is 387 g/mol. The Labute approximate surface area is 169 Å². The van der Waals surface area contributed by atoms with E-state index in [0.717, 1.165) is 42.1 Å². The van der Waals surface area contributed by atoms with Gasteiger partial charge in [-0.1, -0.05) is 36.2 Å². The average molecular weight is 409 g/mol. The second kappa shape index (κ2) is 8.64. The second-order valence-electron chi connectivity index (χ2n) is 6.81. The summed E-state index contributed by atoms with van der Waals surface area (Å²) in [6.45, 7) is 5.80. The SMILES string of the molecule is Cc1cc(Cl)c(SCc2cccc(C(=O)N3CCC(C)CC3)n2)cc1Cl. The van der Waals surface area contributed by atoms with E-state index < -0.39 is 0 Å². The van der Waals surface area contributed by atoms with Crippen molar-refractivity contribution in [3.8, 4) is 0 Å². The molecule has 0 atom stereocenters. The first-order valence-electron chi connectivity index (χ1n) is 8.77. The molecule has 1 saturated heterocycles. The number of rotatable bonds is 4. The Morgan fingerprint density at radius 1 is 1.23 bits per heavy atom. The molecule has 1 aliphatic heterocycles. The van der Waals surface area contributed by atoms with Gasteiger partial charge in [0.2, 0.25) is 0 Å². The number of hydrogen-bond acceptors (Lipinski definition) is 3. The first-order chi connectivity index (χ1) is 12.4. The first kappa shape index (κ1) is 19.5. The standard InChI is InChI=1S/C20H22Cl2N2OS/c1-13-6-8-24(9-7-13)20(25)18-5-3-4-15(23-18)12-26-19-11-16(21)14(2)10-17(19)22/h3-5,10-11,13H,6-9,12H2,1-2H3. The lowest BCUT2D eigenvalue weighted by Crippen LogP contribution is -2.38. The van der Waals surface area contributed by atoms with Crippen LogP contribution >= 0.6 is 35.0 Å². The lowest BCUT2D eigenvalue weighted by atomic mass is 9.99. The summed E-state index contributed by atoms with van der Waals surface area (Å²) in [7, 11) is 0. The zero-order valence-corrected chi connectivity index (χ0v) is 17.3. The summed E-state index contributed by atoms with van der Waals surface area (Å²) in [5.41, 5.74) is 2.34. The quantitative estimate of drug-likeness (QED) is 0.593. The average Bonchev–Trinajstić information content (AvgIpc) is 2.64. The third kappa shape index (κ3) is 4.73. The van der Waals surface area contributed by atoms with Crippen LogP contribution in [0.1, 0.15) is 41.5 Å². The molecule has 3 rings (SSSR count). The van der Waals surface area contributed by atoms with Crippen LogP contribution in [-0.2, 0) is 5.75 Å². The van der Waals surface area contributed by atoms with Crippen LogP contribution < -0.4 is 0 Å². The molecule has 138 valence electrons. The Balaban J connectivity index is 1.68. The minimum absolute atomic E-state index is 0.0279. The van der Waals surface area contributed by atoms with E-state index in [1.807, 2.05) is 36.1 Å². The van der Waals surface area contributed by atoms with Gasteiger partial charge in [-0.3, -0.25) is 4.79 Å². The maximum atomic E-state index is 12.7. The summed E-state index contributed by atoms with van der Waals surface area (Å²) in [4.78, 5) is 20.1. The monoisotopic (exact) mass is 408 g/mol. The minimum atomic E-state index is 0.0279. The van der Waals surface area contributed by atoms with Gasteiger partial charge >= 0.3 is 0 Å². The molecule has 1 fully saturated rings. The molecule has 0 radical (unpaired) electrons. The number of pyridine rings is 1. The molecule has 0 aliphatic carbocycles. The fraction of sp³-hybridized carbons (Fsp3) is 0.400. The van der Waals surface area contributed by atoms with Gasteiger partial charge in [0.25, 0.3) is 5.91 Å². The zero-order chi connectivity index (χ0) is 18.7. The van der Waals surface area contributed by atoms with Crippen molar-refractivity contribution in [3.05, 3.63) is 57.3 Å². The molecule has 1 aliphatic rings. The summed E-state index contributed by atoms with van der Waals surface area (Å²) in [5, 5.41) is 1.39. The molecule has 0 spiro atoms. The topological polar surface area (TPSA) is 33.2 Å². The molecule has 0 unspecified atom stereocenters. The van der Waals surface area contributed by atoms with E-state index in [-0.39, 0.29) is 5.91 Å². The Morgan fingerprint density at radius 2 is 1.96 bits per heavy atom. The maximum Gasteiger partial charge on any atom is 0.272 e. The molecule has 0 N–H and O–H groups in total. The first-order valence-corrected chi connectivity index (χ1v) is 10.5. The highest BCUT2D eigenvalue weighted by atomic mass is 35.5. The fourth-order valence-electron chi connectivity index (χ4n) is 2.94. The number of benzene rings is 1. The number of likely N-dealkylation sites (tertiary alicyclic amines) is 1. The number of thioether (sulfide) groups is 1. The molecular formula is C20H22Cl2N2OS. The Bertz CT molecular complexity index is 804. The Hall–Kier alpha value is -1.23. The summed E-state index contributed by atoms with van der Waals surface area (Å²) < 4.78 is 0. The van der Waals surface area contributed by atoms with Gasteiger partial charge in [-0.2, -0.15) is 0 Å². The number of nitrogens with zero attached hydrogens (tertiary/aromatic N) is 2. The van der Waals surface area contributed by atoms with Gasteiger partial charge < -0.3 is 4.90 Å². The van der Waals surface area contributed by atoms with Gasteiger partial charge in [0, 0.05) is 28.8 Å². The lowest BCUT2D eigenvalue weighted by molar-refractivity contribution is 0.0691. The molecule has 26 heavy (non-hydrogen) atoms. The molecule has 0 bridgehead atoms. The van der Waals surface area contributed by atoms with E-state index in [1.54, 1.807) is 17.8 Å². The van der Waals surface area contributed by atoms with Crippen molar-refractivity contribution >= 4 is 40.9 Å². The molecule has 1 aromatic heterocycles. The van der Waals surface area contributed by atoms with Gasteiger partial charge in [-0.25, -0.2) is 4.98 Å². The van der Waals surface area contributed by atoms with Crippen LogP contribution in [0.3, 0.4) is 0 Å². The lowest BCUT2D eigenvalue weighted by Gasteiger charge is -2.30. The van der Waals surface area contributed by atoms with E-state index in [0.29, 0.717) is 27.4 Å². The van der Waals surface area contributed by atoms with Crippen LogP contribution in [0.15, 0.2) is 35.2 Å². The van der Waals surface area contributed by atoms with E-state index in [1.165, 1.54) is 0 Å². The summed E-state index contributed by atoms with van der Waals surface area (Å²) >= 11 is 14.1. The summed E-state index contributed by atoms with van der Waals surface area (Å²) in [5.74, 6) is 1.36. The molecule has 3 nitrogen and oxygen atoms in total. The number of hydrogen-bond donors (Lipinski definition) is 0. The van der Waals surface area contributed by atoms with Crippen molar-refractivity contribution in [2.45, 2.75) is 37.3 Å². The highest BCUT2D eigenvalue weighted by molar-refractivity contribution is 7.98. The highest BCUT2D eigenvalue weighted by Gasteiger charge is 2.22. The molecule has 2 aromatic rings. The molecule has 2 heterocycles. The number of halogens is 2. The van der Waals surface area contributed by atoms with E-state index in [4.69, 9.17) is 23.2 Å². The predicted octanol–water partition coefficient (Wildman–Crippen LogP) is 5.86. The number of carbonyl (C=O) groups is 1. The van der Waals surface area contributed by atoms with E-state index in [2.05, 4.69) is 11.9 Å². The minimum Gasteiger partial charge on any atom is -0.337 e. The smallest absolute Gasteiger partial charge is 0.272 e. The van der Waals surface area contributed by atoms with E-state index in [9.17, 15) is 4.79 Å². The molecule has 1 aromatic carbocycles. The fourth-order valence-corrected chi connectivity index (χ4v) is 4.42. The van der Waals surface area contributed by atoms with Crippen LogP contribution in [0.25, 0.3) is 0 Å². The second-order valence-corrected chi connectivity index (χ2v) is 8.64. The van der Waals surface area contributed by atoms with Crippen molar-refractivity contribution in [1.29, 1.82) is 0 Å². The van der Waals surface area contributed by atoms with Crippen molar-refractivity contribution < 1.29 is 4.79 Å². The van der Waals surface area contributed by atoms with Gasteiger partial charge in [0.1, 0.15) is 5.69 Å². The van der Waals surface area contributed by atoms with Crippen molar-refractivity contribution in [1.82, 2.24) is 9.88 Å². The maximum absolute atomic E-state index is 12.7. The number of carbonyl (C=O) groups excluding carboxylic acids is 1. The van der Waals surface area contributed by atoms with Gasteiger partial charge in [0.15, 0.2) is 0 Å². The van der Waals surface area contributed by atoms with Gasteiger partial charge in [-0.05, 0) is 55.5 Å². The van der Waals surface area contributed by atoms with Crippen LogP contribution in [0.2, 0.25) is 10.0 Å². The molecule has 0 saturated carbocycles. The largest absolute Gasteiger partial charge is 0.337 e. The summed E-state index contributed by atoms with van der Waals surface area (Å²) in [6, 6.07) is 9.38. The Kier molecular flexibility index (Phi) is 6.49.